The van der Waals surface area contributed by atoms with E-state index in [1.165, 1.54) is 27.4 Å². The van der Waals surface area contributed by atoms with Crippen molar-refractivity contribution >= 4 is 33.2 Å². The SMILES string of the molecule is c1ccc2c(c1)OC[C@@H](c1nnc(SCc3csc4ccccc34)o1)O2. The second-order valence-corrected chi connectivity index (χ2v) is 7.65. The fraction of sp³-hybridized carbons (Fsp3) is 0.158. The molecule has 2 aromatic heterocycles. The van der Waals surface area contributed by atoms with Gasteiger partial charge in [0.05, 0.1) is 0 Å². The van der Waals surface area contributed by atoms with Crippen molar-refractivity contribution in [1.29, 1.82) is 0 Å². The maximum absolute atomic E-state index is 5.91. The summed E-state index contributed by atoms with van der Waals surface area (Å²) in [5.41, 5.74) is 1.28. The highest BCUT2D eigenvalue weighted by Crippen LogP contribution is 2.36. The van der Waals surface area contributed by atoms with Crippen molar-refractivity contribution in [1.82, 2.24) is 10.2 Å². The van der Waals surface area contributed by atoms with E-state index in [2.05, 4.69) is 39.8 Å². The largest absolute Gasteiger partial charge is 0.485 e. The van der Waals surface area contributed by atoms with Crippen molar-refractivity contribution in [2.75, 3.05) is 6.61 Å². The third-order valence-corrected chi connectivity index (χ3v) is 6.00. The van der Waals surface area contributed by atoms with Crippen molar-refractivity contribution in [2.45, 2.75) is 17.1 Å². The zero-order valence-electron chi connectivity index (χ0n) is 13.6. The van der Waals surface area contributed by atoms with Crippen LogP contribution in [0.4, 0.5) is 0 Å². The van der Waals surface area contributed by atoms with Crippen molar-refractivity contribution in [2.24, 2.45) is 0 Å². The molecule has 1 atom stereocenters. The fourth-order valence-corrected chi connectivity index (χ4v) is 4.66. The van der Waals surface area contributed by atoms with Gasteiger partial charge in [0.2, 0.25) is 6.10 Å². The third kappa shape index (κ3) is 2.93. The molecule has 1 aliphatic rings. The zero-order valence-corrected chi connectivity index (χ0v) is 15.3. The van der Waals surface area contributed by atoms with Gasteiger partial charge in [-0.3, -0.25) is 0 Å². The first kappa shape index (κ1) is 15.7. The van der Waals surface area contributed by atoms with Crippen LogP contribution >= 0.6 is 23.1 Å². The highest BCUT2D eigenvalue weighted by atomic mass is 32.2. The molecule has 0 radical (unpaired) electrons. The molecule has 3 heterocycles. The van der Waals surface area contributed by atoms with Crippen LogP contribution in [-0.4, -0.2) is 16.8 Å². The number of para-hydroxylation sites is 2. The molecule has 0 amide bonds. The second kappa shape index (κ2) is 6.66. The first-order valence-corrected chi connectivity index (χ1v) is 10.0. The first-order chi connectivity index (χ1) is 12.9. The number of thioether (sulfide) groups is 1. The van der Waals surface area contributed by atoms with Gasteiger partial charge in [0.15, 0.2) is 11.5 Å². The lowest BCUT2D eigenvalue weighted by molar-refractivity contribution is 0.0686. The maximum atomic E-state index is 5.91. The molecule has 1 aliphatic heterocycles. The van der Waals surface area contributed by atoms with Gasteiger partial charge in [-0.25, -0.2) is 0 Å². The lowest BCUT2D eigenvalue weighted by Crippen LogP contribution is -2.21. The molecule has 7 heteroatoms. The lowest BCUT2D eigenvalue weighted by Gasteiger charge is -2.23. The minimum Gasteiger partial charge on any atom is -0.485 e. The van der Waals surface area contributed by atoms with Gasteiger partial charge in [0.1, 0.15) is 6.61 Å². The van der Waals surface area contributed by atoms with E-state index >= 15 is 0 Å². The van der Waals surface area contributed by atoms with Gasteiger partial charge in [0, 0.05) is 10.5 Å². The summed E-state index contributed by atoms with van der Waals surface area (Å²) >= 11 is 3.29. The van der Waals surface area contributed by atoms with Crippen LogP contribution in [-0.2, 0) is 5.75 Å². The molecule has 26 heavy (non-hydrogen) atoms. The van der Waals surface area contributed by atoms with Crippen LogP contribution < -0.4 is 9.47 Å². The van der Waals surface area contributed by atoms with E-state index < -0.39 is 0 Å². The van der Waals surface area contributed by atoms with E-state index in [1.807, 2.05) is 24.3 Å². The van der Waals surface area contributed by atoms with E-state index in [-0.39, 0.29) is 6.10 Å². The van der Waals surface area contributed by atoms with Crippen molar-refractivity contribution in [3.8, 4) is 11.5 Å². The summed E-state index contributed by atoms with van der Waals surface area (Å²) in [6.07, 6.45) is -0.381. The van der Waals surface area contributed by atoms with Crippen LogP contribution in [0.15, 0.2) is 63.6 Å². The average molecular weight is 382 g/mol. The number of thiophene rings is 1. The van der Waals surface area contributed by atoms with E-state index in [0.29, 0.717) is 23.5 Å². The normalized spacial score (nSPS) is 16.1. The Kier molecular flexibility index (Phi) is 4.03. The van der Waals surface area contributed by atoms with Crippen LogP contribution in [0.25, 0.3) is 10.1 Å². The van der Waals surface area contributed by atoms with Crippen molar-refractivity contribution in [3.05, 3.63) is 65.4 Å². The Hall–Kier alpha value is -2.51. The predicted octanol–water partition coefficient (Wildman–Crippen LogP) is 5.09. The molecule has 0 unspecified atom stereocenters. The van der Waals surface area contributed by atoms with Crippen LogP contribution in [0, 0.1) is 0 Å². The Bertz CT molecular complexity index is 1060. The summed E-state index contributed by atoms with van der Waals surface area (Å²) < 4.78 is 18.7. The zero-order chi connectivity index (χ0) is 17.3. The molecule has 0 fully saturated rings. The van der Waals surface area contributed by atoms with Gasteiger partial charge >= 0.3 is 0 Å². The number of hydrogen-bond acceptors (Lipinski definition) is 7. The molecule has 5 nitrogen and oxygen atoms in total. The van der Waals surface area contributed by atoms with E-state index in [0.717, 1.165) is 11.5 Å². The number of benzene rings is 2. The van der Waals surface area contributed by atoms with Gasteiger partial charge in [0.25, 0.3) is 11.1 Å². The number of hydrogen-bond donors (Lipinski definition) is 0. The standard InChI is InChI=1S/C19H14N2O3S2/c1-4-8-17-13(5-1)12(10-25-17)11-26-19-21-20-18(24-19)16-9-22-14-6-2-3-7-15(14)23-16/h1-8,10,16H,9,11H2/t16-/m0/s1. The number of aromatic nitrogens is 2. The molecular weight excluding hydrogens is 368 g/mol. The second-order valence-electron chi connectivity index (χ2n) is 5.82. The Balaban J connectivity index is 1.29. The first-order valence-electron chi connectivity index (χ1n) is 8.16. The molecule has 0 bridgehead atoms. The molecule has 0 N–H and O–H groups in total. The van der Waals surface area contributed by atoms with Gasteiger partial charge in [-0.05, 0) is 34.5 Å². The number of ether oxygens (including phenoxy) is 2. The number of rotatable bonds is 4. The summed E-state index contributed by atoms with van der Waals surface area (Å²) in [7, 11) is 0. The highest BCUT2D eigenvalue weighted by molar-refractivity contribution is 7.98. The minimum absolute atomic E-state index is 0.360. The molecule has 0 spiro atoms. The summed E-state index contributed by atoms with van der Waals surface area (Å²) in [6, 6.07) is 16.0. The Labute approximate surface area is 158 Å². The quantitative estimate of drug-likeness (QED) is 0.458. The Morgan fingerprint density at radius 1 is 1.04 bits per heavy atom. The molecule has 2 aromatic carbocycles. The van der Waals surface area contributed by atoms with Crippen LogP contribution in [0.1, 0.15) is 17.6 Å². The monoisotopic (exact) mass is 382 g/mol. The fourth-order valence-electron chi connectivity index (χ4n) is 2.83. The average Bonchev–Trinajstić information content (AvgIpc) is 3.33. The van der Waals surface area contributed by atoms with Gasteiger partial charge in [-0.2, -0.15) is 0 Å². The molecule has 130 valence electrons. The van der Waals surface area contributed by atoms with Crippen LogP contribution in [0.2, 0.25) is 0 Å². The van der Waals surface area contributed by atoms with Crippen molar-refractivity contribution < 1.29 is 13.9 Å². The molecule has 4 aromatic rings. The third-order valence-electron chi connectivity index (χ3n) is 4.12. The summed E-state index contributed by atoms with van der Waals surface area (Å²) in [4.78, 5) is 0. The number of fused-ring (bicyclic) bond motifs is 2. The Morgan fingerprint density at radius 2 is 1.88 bits per heavy atom. The molecule has 0 aliphatic carbocycles. The lowest BCUT2D eigenvalue weighted by atomic mass is 10.2. The predicted molar refractivity (Wildman–Crippen MR) is 101 cm³/mol. The molecule has 0 saturated heterocycles. The van der Waals surface area contributed by atoms with Crippen molar-refractivity contribution in [3.63, 3.8) is 0 Å². The maximum Gasteiger partial charge on any atom is 0.277 e. The van der Waals surface area contributed by atoms with Crippen LogP contribution in [0.3, 0.4) is 0 Å². The molecular formula is C19H14N2O3S2. The van der Waals surface area contributed by atoms with Gasteiger partial charge < -0.3 is 13.9 Å². The minimum atomic E-state index is -0.381. The highest BCUT2D eigenvalue weighted by Gasteiger charge is 2.27. The Morgan fingerprint density at radius 3 is 2.85 bits per heavy atom. The summed E-state index contributed by atoms with van der Waals surface area (Å²) in [5, 5.41) is 12.3. The molecule has 0 saturated carbocycles. The topological polar surface area (TPSA) is 57.4 Å². The van der Waals surface area contributed by atoms with E-state index in [1.54, 1.807) is 11.3 Å². The van der Waals surface area contributed by atoms with E-state index in [4.69, 9.17) is 13.9 Å². The number of nitrogens with zero attached hydrogens (tertiary/aromatic N) is 2. The smallest absolute Gasteiger partial charge is 0.277 e. The van der Waals surface area contributed by atoms with E-state index in [9.17, 15) is 0 Å². The molecule has 5 rings (SSSR count). The van der Waals surface area contributed by atoms with Crippen LogP contribution in [0.5, 0.6) is 11.5 Å². The summed E-state index contributed by atoms with van der Waals surface area (Å²) in [6.45, 7) is 0.360. The summed E-state index contributed by atoms with van der Waals surface area (Å²) in [5.74, 6) is 2.66. The van der Waals surface area contributed by atoms with Gasteiger partial charge in [-0.15, -0.1) is 21.5 Å². The van der Waals surface area contributed by atoms with Gasteiger partial charge in [-0.1, -0.05) is 42.1 Å².